The van der Waals surface area contributed by atoms with Crippen molar-refractivity contribution in [2.75, 3.05) is 11.9 Å². The highest BCUT2D eigenvalue weighted by molar-refractivity contribution is 6.36. The molecule has 3 nitrogen and oxygen atoms in total. The Morgan fingerprint density at radius 2 is 1.84 bits per heavy atom. The zero-order chi connectivity index (χ0) is 17.8. The molecule has 1 saturated carbocycles. The molecule has 0 atom stereocenters. The molecular weight excluding hydrogens is 332 g/mol. The van der Waals surface area contributed by atoms with E-state index in [0.717, 1.165) is 33.5 Å². The summed E-state index contributed by atoms with van der Waals surface area (Å²) in [6.45, 7) is 4.60. The second-order valence-electron chi connectivity index (χ2n) is 7.27. The van der Waals surface area contributed by atoms with Crippen molar-refractivity contribution in [2.45, 2.75) is 32.1 Å². The zero-order valence-corrected chi connectivity index (χ0v) is 15.2. The number of carbonyl (C=O) groups excluding carboxylic acids is 1. The summed E-state index contributed by atoms with van der Waals surface area (Å²) in [7, 11) is 0. The number of allylic oxidation sites excluding steroid dienone is 1. The van der Waals surface area contributed by atoms with Gasteiger partial charge in [-0.1, -0.05) is 41.4 Å². The fourth-order valence-corrected chi connectivity index (χ4v) is 3.95. The number of halogens is 1. The predicted octanol–water partition coefficient (Wildman–Crippen LogP) is 4.74. The molecule has 3 N–H and O–H groups in total. The van der Waals surface area contributed by atoms with Crippen molar-refractivity contribution in [3.63, 3.8) is 0 Å². The van der Waals surface area contributed by atoms with Gasteiger partial charge in [0.25, 0.3) is 5.91 Å². The van der Waals surface area contributed by atoms with Gasteiger partial charge in [0.15, 0.2) is 0 Å². The highest BCUT2D eigenvalue weighted by atomic mass is 35.5. The molecule has 25 heavy (non-hydrogen) atoms. The molecule has 2 aromatic carbocycles. The predicted molar refractivity (Wildman–Crippen MR) is 104 cm³/mol. The van der Waals surface area contributed by atoms with Gasteiger partial charge >= 0.3 is 0 Å². The number of anilines is 1. The van der Waals surface area contributed by atoms with E-state index in [4.69, 9.17) is 17.3 Å². The van der Waals surface area contributed by atoms with Crippen LogP contribution in [0.15, 0.2) is 42.0 Å². The summed E-state index contributed by atoms with van der Waals surface area (Å²) in [6, 6.07) is 12.4. The fraction of sp³-hybridized carbons (Fsp3) is 0.286. The van der Waals surface area contributed by atoms with Crippen LogP contribution in [0.4, 0.5) is 5.69 Å². The van der Waals surface area contributed by atoms with Crippen LogP contribution in [-0.4, -0.2) is 12.5 Å². The molecule has 0 radical (unpaired) electrons. The van der Waals surface area contributed by atoms with Crippen LogP contribution in [0.3, 0.4) is 0 Å². The average molecular weight is 353 g/mol. The topological polar surface area (TPSA) is 55.1 Å². The summed E-state index contributed by atoms with van der Waals surface area (Å²) in [4.78, 5) is 12.2. The number of hydrogen-bond donors (Lipinski definition) is 2. The minimum Gasteiger partial charge on any atom is -0.330 e. The Morgan fingerprint density at radius 1 is 1.16 bits per heavy atom. The Labute approximate surface area is 152 Å². The quantitative estimate of drug-likeness (QED) is 0.784. The van der Waals surface area contributed by atoms with Crippen molar-refractivity contribution in [2.24, 2.45) is 5.73 Å². The van der Waals surface area contributed by atoms with Gasteiger partial charge in [0.05, 0.1) is 10.7 Å². The van der Waals surface area contributed by atoms with E-state index in [-0.39, 0.29) is 11.3 Å². The molecule has 128 valence electrons. The Kier molecular flexibility index (Phi) is 3.75. The molecule has 1 aliphatic heterocycles. The fourth-order valence-electron chi connectivity index (χ4n) is 3.67. The smallest absolute Gasteiger partial charge is 0.256 e. The number of hydrogen-bond acceptors (Lipinski definition) is 2. The van der Waals surface area contributed by atoms with E-state index < -0.39 is 0 Å². The molecule has 0 aromatic heterocycles. The van der Waals surface area contributed by atoms with Gasteiger partial charge in [0.2, 0.25) is 0 Å². The number of amides is 1. The molecule has 2 aliphatic rings. The minimum atomic E-state index is -0.0582. The van der Waals surface area contributed by atoms with Crippen molar-refractivity contribution < 1.29 is 4.79 Å². The van der Waals surface area contributed by atoms with Crippen LogP contribution in [0.1, 0.15) is 37.8 Å². The van der Waals surface area contributed by atoms with Crippen molar-refractivity contribution in [1.82, 2.24) is 0 Å². The van der Waals surface area contributed by atoms with Crippen LogP contribution < -0.4 is 11.1 Å². The Bertz CT molecular complexity index is 904. The molecule has 1 fully saturated rings. The average Bonchev–Trinajstić information content (AvgIpc) is 3.31. The molecule has 4 rings (SSSR count). The minimum absolute atomic E-state index is 0.0582. The summed E-state index contributed by atoms with van der Waals surface area (Å²) in [6.07, 6.45) is 2.33. The second kappa shape index (κ2) is 5.72. The maximum Gasteiger partial charge on any atom is 0.256 e. The summed E-state index contributed by atoms with van der Waals surface area (Å²) < 4.78 is 0. The van der Waals surface area contributed by atoms with Gasteiger partial charge in [-0.15, -0.1) is 0 Å². The van der Waals surface area contributed by atoms with E-state index in [2.05, 4.69) is 29.6 Å². The Morgan fingerprint density at radius 3 is 2.40 bits per heavy atom. The van der Waals surface area contributed by atoms with E-state index in [9.17, 15) is 4.79 Å². The third-order valence-corrected chi connectivity index (χ3v) is 5.72. The van der Waals surface area contributed by atoms with E-state index in [1.54, 1.807) is 0 Å². The number of benzene rings is 2. The molecule has 2 aromatic rings. The number of nitrogens with two attached hydrogens (primary N) is 1. The van der Waals surface area contributed by atoms with Crippen molar-refractivity contribution >= 4 is 28.8 Å². The first-order valence-corrected chi connectivity index (χ1v) is 8.97. The van der Waals surface area contributed by atoms with E-state index in [1.807, 2.05) is 26.0 Å². The first-order valence-electron chi connectivity index (χ1n) is 8.59. The maximum atomic E-state index is 12.2. The van der Waals surface area contributed by atoms with E-state index in [1.165, 1.54) is 18.4 Å². The largest absolute Gasteiger partial charge is 0.330 e. The Balaban J connectivity index is 1.77. The number of rotatable bonds is 3. The monoisotopic (exact) mass is 352 g/mol. The van der Waals surface area contributed by atoms with Crippen LogP contribution >= 0.6 is 11.6 Å². The highest BCUT2D eigenvalue weighted by Crippen LogP contribution is 2.48. The molecule has 4 heteroatoms. The third-order valence-electron chi connectivity index (χ3n) is 5.40. The second-order valence-corrected chi connectivity index (χ2v) is 7.68. The summed E-state index contributed by atoms with van der Waals surface area (Å²) in [5.41, 5.74) is 12.9. The lowest BCUT2D eigenvalue weighted by atomic mass is 9.92. The molecular formula is C21H21ClN2O. The normalized spacial score (nSPS) is 17.3. The van der Waals surface area contributed by atoms with Gasteiger partial charge in [-0.2, -0.15) is 0 Å². The van der Waals surface area contributed by atoms with Gasteiger partial charge in [-0.25, -0.2) is 0 Å². The maximum absolute atomic E-state index is 12.2. The molecule has 0 unspecified atom stereocenters. The highest BCUT2D eigenvalue weighted by Gasteiger charge is 2.42. The lowest BCUT2D eigenvalue weighted by Gasteiger charge is -2.14. The van der Waals surface area contributed by atoms with Crippen molar-refractivity contribution in [3.05, 3.63) is 58.1 Å². The number of fused-ring (bicyclic) bond motifs is 1. The first kappa shape index (κ1) is 16.4. The lowest BCUT2D eigenvalue weighted by Crippen LogP contribution is -2.19. The number of carbonyl (C=O) groups is 1. The van der Waals surface area contributed by atoms with E-state index >= 15 is 0 Å². The van der Waals surface area contributed by atoms with E-state index in [0.29, 0.717) is 11.6 Å². The molecule has 1 aliphatic carbocycles. The summed E-state index contributed by atoms with van der Waals surface area (Å²) in [5, 5.41) is 3.54. The van der Waals surface area contributed by atoms with Crippen LogP contribution in [0.2, 0.25) is 5.02 Å². The van der Waals surface area contributed by atoms with Crippen LogP contribution in [0, 0.1) is 0 Å². The lowest BCUT2D eigenvalue weighted by molar-refractivity contribution is -0.110. The number of nitrogens with one attached hydrogen (secondary N) is 1. The van der Waals surface area contributed by atoms with Crippen molar-refractivity contribution in [3.8, 4) is 11.1 Å². The van der Waals surface area contributed by atoms with Gasteiger partial charge in [-0.3, -0.25) is 4.79 Å². The zero-order valence-electron chi connectivity index (χ0n) is 14.4. The SMILES string of the molecule is CC(C)=C1C(=O)Nc2cc(Cl)c(-c3ccc(C4(CN)CC4)cc3)cc21. The molecule has 0 spiro atoms. The third kappa shape index (κ3) is 2.59. The molecule has 0 saturated heterocycles. The standard InChI is InChI=1S/C21H21ClN2O/c1-12(2)19-16-9-15(17(22)10-18(16)24-20(19)25)13-3-5-14(6-4-13)21(11-23)7-8-21/h3-6,9-10H,7-8,11,23H2,1-2H3,(H,24,25). The van der Waals surface area contributed by atoms with Gasteiger partial charge in [0.1, 0.15) is 0 Å². The van der Waals surface area contributed by atoms with Crippen LogP contribution in [0.5, 0.6) is 0 Å². The molecule has 1 heterocycles. The first-order chi connectivity index (χ1) is 11.9. The summed E-state index contributed by atoms with van der Waals surface area (Å²) in [5.74, 6) is -0.0582. The van der Waals surface area contributed by atoms with Gasteiger partial charge in [0, 0.05) is 28.7 Å². The van der Waals surface area contributed by atoms with Gasteiger partial charge < -0.3 is 11.1 Å². The van der Waals surface area contributed by atoms with Gasteiger partial charge in [-0.05, 0) is 49.9 Å². The van der Waals surface area contributed by atoms with Crippen LogP contribution in [0.25, 0.3) is 16.7 Å². The van der Waals surface area contributed by atoms with Crippen LogP contribution in [-0.2, 0) is 10.2 Å². The molecule has 0 bridgehead atoms. The molecule has 1 amide bonds. The Hall–Kier alpha value is -2.10. The van der Waals surface area contributed by atoms with Crippen molar-refractivity contribution in [1.29, 1.82) is 0 Å². The summed E-state index contributed by atoms with van der Waals surface area (Å²) >= 11 is 6.50.